The Labute approximate surface area is 129 Å². The van der Waals surface area contributed by atoms with E-state index in [0.29, 0.717) is 6.04 Å². The molecule has 0 bridgehead atoms. The summed E-state index contributed by atoms with van der Waals surface area (Å²) in [5.74, 6) is -0.466. The number of rotatable bonds is 2. The summed E-state index contributed by atoms with van der Waals surface area (Å²) >= 11 is 2.86. The number of carbonyl (C=O) groups excluding carboxylic acids is 1. The molecule has 1 aromatic rings. The van der Waals surface area contributed by atoms with Gasteiger partial charge in [0.1, 0.15) is 0 Å². The van der Waals surface area contributed by atoms with Gasteiger partial charge in [-0.1, -0.05) is 15.9 Å². The van der Waals surface area contributed by atoms with E-state index in [4.69, 9.17) is 0 Å². The molecule has 1 saturated heterocycles. The summed E-state index contributed by atoms with van der Waals surface area (Å²) in [4.78, 5) is 12.1. The van der Waals surface area contributed by atoms with Crippen LogP contribution in [0.3, 0.4) is 0 Å². The molecule has 1 aliphatic heterocycles. The van der Waals surface area contributed by atoms with Gasteiger partial charge in [0.25, 0.3) is 5.91 Å². The van der Waals surface area contributed by atoms with Crippen LogP contribution in [0.2, 0.25) is 0 Å². The Balaban J connectivity index is 2.12. The first-order chi connectivity index (χ1) is 9.77. The van der Waals surface area contributed by atoms with Crippen molar-refractivity contribution in [1.29, 1.82) is 0 Å². The van der Waals surface area contributed by atoms with E-state index in [9.17, 15) is 18.0 Å². The Morgan fingerprint density at radius 3 is 2.76 bits per heavy atom. The Morgan fingerprint density at radius 2 is 2.14 bits per heavy atom. The molecule has 0 radical (unpaired) electrons. The van der Waals surface area contributed by atoms with Crippen molar-refractivity contribution in [3.8, 4) is 0 Å². The highest BCUT2D eigenvalue weighted by molar-refractivity contribution is 9.10. The number of halogens is 4. The number of piperidine rings is 1. The second-order valence-electron chi connectivity index (χ2n) is 5.24. The van der Waals surface area contributed by atoms with Gasteiger partial charge < -0.3 is 10.6 Å². The summed E-state index contributed by atoms with van der Waals surface area (Å²) in [6.07, 6.45) is -2.94. The minimum atomic E-state index is -4.49. The van der Waals surface area contributed by atoms with Crippen LogP contribution in [-0.2, 0) is 6.18 Å². The number of carbonyl (C=O) groups is 1. The van der Waals surface area contributed by atoms with Crippen LogP contribution in [0.5, 0.6) is 0 Å². The van der Waals surface area contributed by atoms with Gasteiger partial charge in [-0.25, -0.2) is 0 Å². The van der Waals surface area contributed by atoms with E-state index in [1.165, 1.54) is 12.1 Å². The number of benzene rings is 1. The average molecular weight is 365 g/mol. The van der Waals surface area contributed by atoms with E-state index in [-0.39, 0.29) is 16.1 Å². The van der Waals surface area contributed by atoms with Crippen molar-refractivity contribution in [3.05, 3.63) is 33.8 Å². The van der Waals surface area contributed by atoms with Crippen molar-refractivity contribution < 1.29 is 18.0 Å². The lowest BCUT2D eigenvalue weighted by Crippen LogP contribution is -2.46. The van der Waals surface area contributed by atoms with Gasteiger partial charge in [-0.3, -0.25) is 4.79 Å². The first-order valence-electron chi connectivity index (χ1n) is 6.68. The van der Waals surface area contributed by atoms with Crippen molar-refractivity contribution in [2.45, 2.75) is 38.0 Å². The van der Waals surface area contributed by atoms with Crippen molar-refractivity contribution in [1.82, 2.24) is 10.6 Å². The molecular formula is C14H16BrF3N2O. The molecule has 1 heterocycles. The van der Waals surface area contributed by atoms with Crippen LogP contribution in [0, 0.1) is 0 Å². The molecule has 1 amide bonds. The smallest absolute Gasteiger partial charge is 0.349 e. The van der Waals surface area contributed by atoms with Crippen LogP contribution in [0.15, 0.2) is 22.7 Å². The third kappa shape index (κ3) is 4.20. The first-order valence-corrected chi connectivity index (χ1v) is 7.47. The second kappa shape index (κ2) is 6.36. The number of alkyl halides is 3. The van der Waals surface area contributed by atoms with Gasteiger partial charge in [-0.15, -0.1) is 0 Å². The number of nitrogens with one attached hydrogen (secondary N) is 2. The molecule has 1 aromatic carbocycles. The van der Waals surface area contributed by atoms with Crippen molar-refractivity contribution in [3.63, 3.8) is 0 Å². The Hall–Kier alpha value is -1.08. The van der Waals surface area contributed by atoms with Crippen LogP contribution in [0.4, 0.5) is 13.2 Å². The third-order valence-electron chi connectivity index (χ3n) is 3.49. The van der Waals surface area contributed by atoms with Gasteiger partial charge in [0.05, 0.1) is 5.56 Å². The zero-order valence-electron chi connectivity index (χ0n) is 11.4. The summed E-state index contributed by atoms with van der Waals surface area (Å²) in [6.45, 7) is 2.81. The normalized spacial score (nSPS) is 22.9. The maximum Gasteiger partial charge on any atom is 0.417 e. The molecule has 0 aromatic heterocycles. The predicted molar refractivity (Wildman–Crippen MR) is 77.1 cm³/mol. The van der Waals surface area contributed by atoms with Crippen LogP contribution in [0.25, 0.3) is 0 Å². The van der Waals surface area contributed by atoms with Crippen molar-refractivity contribution >= 4 is 21.8 Å². The van der Waals surface area contributed by atoms with Crippen LogP contribution in [-0.4, -0.2) is 24.5 Å². The van der Waals surface area contributed by atoms with Crippen molar-refractivity contribution in [2.75, 3.05) is 6.54 Å². The second-order valence-corrected chi connectivity index (χ2v) is 6.10. The fourth-order valence-corrected chi connectivity index (χ4v) is 2.89. The fraction of sp³-hybridized carbons (Fsp3) is 0.500. The molecule has 1 aliphatic rings. The largest absolute Gasteiger partial charge is 0.417 e. The molecule has 2 rings (SSSR count). The third-order valence-corrected chi connectivity index (χ3v) is 4.18. The monoisotopic (exact) mass is 364 g/mol. The minimum Gasteiger partial charge on any atom is -0.349 e. The molecule has 1 fully saturated rings. The van der Waals surface area contributed by atoms with Crippen LogP contribution >= 0.6 is 15.9 Å². The van der Waals surface area contributed by atoms with Crippen LogP contribution < -0.4 is 10.6 Å². The number of amides is 1. The van der Waals surface area contributed by atoms with E-state index in [2.05, 4.69) is 26.6 Å². The van der Waals surface area contributed by atoms with E-state index >= 15 is 0 Å². The van der Waals surface area contributed by atoms with Gasteiger partial charge in [-0.2, -0.15) is 13.2 Å². The lowest BCUT2D eigenvalue weighted by atomic mass is 10.00. The molecule has 21 heavy (non-hydrogen) atoms. The molecule has 0 aliphatic carbocycles. The van der Waals surface area contributed by atoms with E-state index in [0.717, 1.165) is 25.5 Å². The Kier molecular flexibility index (Phi) is 4.93. The molecular weight excluding hydrogens is 349 g/mol. The molecule has 116 valence electrons. The zero-order valence-corrected chi connectivity index (χ0v) is 13.0. The average Bonchev–Trinajstić information content (AvgIpc) is 2.37. The van der Waals surface area contributed by atoms with E-state index in [1.54, 1.807) is 0 Å². The van der Waals surface area contributed by atoms with Gasteiger partial charge >= 0.3 is 6.18 Å². The molecule has 2 unspecified atom stereocenters. The van der Waals surface area contributed by atoms with Gasteiger partial charge in [0, 0.05) is 22.1 Å². The predicted octanol–water partition coefficient (Wildman–Crippen LogP) is 3.34. The highest BCUT2D eigenvalue weighted by Gasteiger charge is 2.33. The van der Waals surface area contributed by atoms with Gasteiger partial charge in [0.15, 0.2) is 0 Å². The Morgan fingerprint density at radius 1 is 1.43 bits per heavy atom. The zero-order chi connectivity index (χ0) is 15.6. The first kappa shape index (κ1) is 16.3. The number of hydrogen-bond donors (Lipinski definition) is 2. The fourth-order valence-electron chi connectivity index (χ4n) is 2.42. The maximum absolute atomic E-state index is 12.8. The topological polar surface area (TPSA) is 41.1 Å². The summed E-state index contributed by atoms with van der Waals surface area (Å²) in [5.41, 5.74) is -0.814. The highest BCUT2D eigenvalue weighted by atomic mass is 79.9. The van der Waals surface area contributed by atoms with Gasteiger partial charge in [-0.05, 0) is 44.5 Å². The maximum atomic E-state index is 12.8. The standard InChI is InChI=1S/C14H16BrF3N2O/c1-8-6-10(4-5-19-8)20-13(21)9-2-3-12(15)11(7-9)14(16,17)18/h2-3,7-8,10,19H,4-6H2,1H3,(H,20,21). The van der Waals surface area contributed by atoms with E-state index in [1.807, 2.05) is 6.92 Å². The SMILES string of the molecule is CC1CC(NC(=O)c2ccc(Br)c(C(F)(F)F)c2)CCN1. The summed E-state index contributed by atoms with van der Waals surface area (Å²) in [6, 6.07) is 3.80. The van der Waals surface area contributed by atoms with Crippen molar-refractivity contribution in [2.24, 2.45) is 0 Å². The summed E-state index contributed by atoms with van der Waals surface area (Å²) in [5, 5.41) is 6.06. The molecule has 2 atom stereocenters. The lowest BCUT2D eigenvalue weighted by molar-refractivity contribution is -0.138. The molecule has 0 saturated carbocycles. The summed E-state index contributed by atoms with van der Waals surface area (Å²) < 4.78 is 38.4. The quantitative estimate of drug-likeness (QED) is 0.844. The van der Waals surface area contributed by atoms with Crippen LogP contribution in [0.1, 0.15) is 35.7 Å². The Bertz CT molecular complexity index is 533. The molecule has 7 heteroatoms. The van der Waals surface area contributed by atoms with Gasteiger partial charge in [0.2, 0.25) is 0 Å². The minimum absolute atomic E-state index is 0.00765. The molecule has 0 spiro atoms. The summed E-state index contributed by atoms with van der Waals surface area (Å²) in [7, 11) is 0. The number of hydrogen-bond acceptors (Lipinski definition) is 2. The molecule has 2 N–H and O–H groups in total. The van der Waals surface area contributed by atoms with E-state index < -0.39 is 17.6 Å². The highest BCUT2D eigenvalue weighted by Crippen LogP contribution is 2.35. The lowest BCUT2D eigenvalue weighted by Gasteiger charge is -2.28. The molecule has 3 nitrogen and oxygen atoms in total.